The van der Waals surface area contributed by atoms with Gasteiger partial charge in [-0.2, -0.15) is 0 Å². The summed E-state index contributed by atoms with van der Waals surface area (Å²) in [6, 6.07) is 7.59. The van der Waals surface area contributed by atoms with Crippen LogP contribution in [0.1, 0.15) is 50.4 Å². The second-order valence-electron chi connectivity index (χ2n) is 5.95. The molecule has 0 aliphatic carbocycles. The molecule has 0 radical (unpaired) electrons. The minimum atomic E-state index is -1.22. The third-order valence-electron chi connectivity index (χ3n) is 3.48. The first-order chi connectivity index (χ1) is 10.8. The molecule has 0 aromatic heterocycles. The van der Waals surface area contributed by atoms with Gasteiger partial charge in [-0.15, -0.1) is 0 Å². The molecule has 126 valence electrons. The lowest BCUT2D eigenvalue weighted by atomic mass is 10.0. The minimum Gasteiger partial charge on any atom is -0.480 e. The molecule has 1 aromatic carbocycles. The summed E-state index contributed by atoms with van der Waals surface area (Å²) in [7, 11) is 0. The van der Waals surface area contributed by atoms with Crippen LogP contribution in [0.3, 0.4) is 0 Å². The van der Waals surface area contributed by atoms with Gasteiger partial charge in [0.1, 0.15) is 11.6 Å². The number of benzene rings is 1. The summed E-state index contributed by atoms with van der Waals surface area (Å²) in [6.07, 6.45) is 1.90. The highest BCUT2D eigenvalue weighted by atomic mass is 16.4. The number of carbonyl (C=O) groups is 3. The largest absolute Gasteiger partial charge is 0.480 e. The number of unbranched alkanes of at least 4 members (excludes halogenated alkanes) is 1. The van der Waals surface area contributed by atoms with Gasteiger partial charge in [0.05, 0.1) is 0 Å². The summed E-state index contributed by atoms with van der Waals surface area (Å²) in [5.74, 6) is -1.98. The Hall–Kier alpha value is -2.37. The molecule has 1 unspecified atom stereocenters. The number of carbonyl (C=O) groups excluding carboxylic acids is 2. The van der Waals surface area contributed by atoms with E-state index in [2.05, 4.69) is 10.6 Å². The zero-order chi connectivity index (χ0) is 17.5. The molecule has 0 saturated carbocycles. The Kier molecular flexibility index (Phi) is 6.75. The van der Waals surface area contributed by atoms with Gasteiger partial charge in [0.25, 0.3) is 5.91 Å². The predicted octanol–water partition coefficient (Wildman–Crippen LogP) is 1.95. The van der Waals surface area contributed by atoms with E-state index in [0.29, 0.717) is 18.4 Å². The summed E-state index contributed by atoms with van der Waals surface area (Å²) in [4.78, 5) is 35.7. The molecule has 0 spiro atoms. The molecule has 6 nitrogen and oxygen atoms in total. The van der Waals surface area contributed by atoms with Gasteiger partial charge in [0, 0.05) is 5.56 Å². The Labute approximate surface area is 136 Å². The summed E-state index contributed by atoms with van der Waals surface area (Å²) in [6.45, 7) is 5.04. The first-order valence-corrected chi connectivity index (χ1v) is 7.69. The number of hydrogen-bond acceptors (Lipinski definition) is 3. The standard InChI is InChI=1S/C17H24N2O4/c1-4-5-11-13(15(21)22)18-16(23)17(2,3)19-14(20)12-9-7-6-8-10-12/h6-10,13H,4-5,11H2,1-3H3,(H,18,23)(H,19,20)(H,21,22). The highest BCUT2D eigenvalue weighted by Gasteiger charge is 2.32. The van der Waals surface area contributed by atoms with Crippen LogP contribution in [-0.4, -0.2) is 34.5 Å². The molecule has 1 aromatic rings. The van der Waals surface area contributed by atoms with Crippen LogP contribution in [0.2, 0.25) is 0 Å². The lowest BCUT2D eigenvalue weighted by Crippen LogP contribution is -2.57. The van der Waals surface area contributed by atoms with Gasteiger partial charge in [0.15, 0.2) is 0 Å². The van der Waals surface area contributed by atoms with Crippen molar-refractivity contribution in [2.75, 3.05) is 0 Å². The Morgan fingerprint density at radius 1 is 1.17 bits per heavy atom. The molecule has 1 atom stereocenters. The Balaban J connectivity index is 2.72. The molecule has 23 heavy (non-hydrogen) atoms. The molecular formula is C17H24N2O4. The van der Waals surface area contributed by atoms with Crippen LogP contribution in [0.4, 0.5) is 0 Å². The number of amides is 2. The van der Waals surface area contributed by atoms with E-state index in [4.69, 9.17) is 0 Å². The minimum absolute atomic E-state index is 0.361. The van der Waals surface area contributed by atoms with Gasteiger partial charge in [-0.05, 0) is 32.4 Å². The maximum atomic E-state index is 12.3. The quantitative estimate of drug-likeness (QED) is 0.682. The van der Waals surface area contributed by atoms with Crippen LogP contribution in [0.15, 0.2) is 30.3 Å². The van der Waals surface area contributed by atoms with E-state index in [1.54, 1.807) is 44.2 Å². The topological polar surface area (TPSA) is 95.5 Å². The third kappa shape index (κ3) is 5.73. The van der Waals surface area contributed by atoms with Crippen molar-refractivity contribution >= 4 is 17.8 Å². The van der Waals surface area contributed by atoms with Crippen molar-refractivity contribution in [2.24, 2.45) is 0 Å². The summed E-state index contributed by atoms with van der Waals surface area (Å²) in [5, 5.41) is 14.3. The van der Waals surface area contributed by atoms with Crippen molar-refractivity contribution in [1.29, 1.82) is 0 Å². The predicted molar refractivity (Wildman–Crippen MR) is 87.1 cm³/mol. The molecule has 0 saturated heterocycles. The van der Waals surface area contributed by atoms with Crippen LogP contribution in [-0.2, 0) is 9.59 Å². The van der Waals surface area contributed by atoms with Crippen molar-refractivity contribution in [3.8, 4) is 0 Å². The first-order valence-electron chi connectivity index (χ1n) is 7.69. The van der Waals surface area contributed by atoms with Gasteiger partial charge in [-0.25, -0.2) is 4.79 Å². The molecule has 0 heterocycles. The Morgan fingerprint density at radius 2 is 1.78 bits per heavy atom. The van der Waals surface area contributed by atoms with E-state index in [1.165, 1.54) is 0 Å². The molecule has 0 aliphatic heterocycles. The first kappa shape index (κ1) is 18.7. The van der Waals surface area contributed by atoms with Gasteiger partial charge in [-0.1, -0.05) is 38.0 Å². The lowest BCUT2D eigenvalue weighted by molar-refractivity contribution is -0.142. The van der Waals surface area contributed by atoms with Gasteiger partial charge in [-0.3, -0.25) is 9.59 Å². The zero-order valence-electron chi connectivity index (χ0n) is 13.8. The fourth-order valence-corrected chi connectivity index (χ4v) is 2.01. The number of nitrogens with one attached hydrogen (secondary N) is 2. The Morgan fingerprint density at radius 3 is 2.30 bits per heavy atom. The van der Waals surface area contributed by atoms with Gasteiger partial charge >= 0.3 is 5.97 Å². The second-order valence-corrected chi connectivity index (χ2v) is 5.95. The van der Waals surface area contributed by atoms with E-state index >= 15 is 0 Å². The normalized spacial score (nSPS) is 12.3. The van der Waals surface area contributed by atoms with Gasteiger partial charge in [0.2, 0.25) is 5.91 Å². The van der Waals surface area contributed by atoms with E-state index in [0.717, 1.165) is 6.42 Å². The smallest absolute Gasteiger partial charge is 0.326 e. The number of hydrogen-bond donors (Lipinski definition) is 3. The van der Waals surface area contributed by atoms with Crippen molar-refractivity contribution < 1.29 is 19.5 Å². The zero-order valence-corrected chi connectivity index (χ0v) is 13.8. The van der Waals surface area contributed by atoms with Crippen LogP contribution in [0, 0.1) is 0 Å². The van der Waals surface area contributed by atoms with E-state index in [1.807, 2.05) is 6.92 Å². The number of aliphatic carboxylic acids is 1. The third-order valence-corrected chi connectivity index (χ3v) is 3.48. The SMILES string of the molecule is CCCCC(NC(=O)C(C)(C)NC(=O)c1ccccc1)C(=O)O. The van der Waals surface area contributed by atoms with E-state index < -0.39 is 23.5 Å². The van der Waals surface area contributed by atoms with Crippen LogP contribution in [0.25, 0.3) is 0 Å². The van der Waals surface area contributed by atoms with Crippen molar-refractivity contribution in [3.63, 3.8) is 0 Å². The fraction of sp³-hybridized carbons (Fsp3) is 0.471. The highest BCUT2D eigenvalue weighted by molar-refractivity contribution is 5.99. The average molecular weight is 320 g/mol. The number of rotatable bonds is 8. The molecular weight excluding hydrogens is 296 g/mol. The van der Waals surface area contributed by atoms with Crippen LogP contribution in [0.5, 0.6) is 0 Å². The molecule has 0 aliphatic rings. The maximum absolute atomic E-state index is 12.3. The van der Waals surface area contributed by atoms with E-state index in [-0.39, 0.29) is 5.91 Å². The summed E-state index contributed by atoms with van der Waals surface area (Å²) < 4.78 is 0. The van der Waals surface area contributed by atoms with Gasteiger partial charge < -0.3 is 15.7 Å². The van der Waals surface area contributed by atoms with Crippen molar-refractivity contribution in [2.45, 2.75) is 51.6 Å². The fourth-order valence-electron chi connectivity index (χ4n) is 2.01. The summed E-state index contributed by atoms with van der Waals surface area (Å²) >= 11 is 0. The Bertz CT molecular complexity index is 555. The van der Waals surface area contributed by atoms with Crippen LogP contribution >= 0.6 is 0 Å². The van der Waals surface area contributed by atoms with Crippen molar-refractivity contribution in [1.82, 2.24) is 10.6 Å². The second kappa shape index (κ2) is 8.31. The highest BCUT2D eigenvalue weighted by Crippen LogP contribution is 2.08. The molecule has 6 heteroatoms. The van der Waals surface area contributed by atoms with E-state index in [9.17, 15) is 19.5 Å². The van der Waals surface area contributed by atoms with Crippen LogP contribution < -0.4 is 10.6 Å². The molecule has 3 N–H and O–H groups in total. The number of carboxylic acids is 1. The summed E-state index contributed by atoms with van der Waals surface area (Å²) in [5.41, 5.74) is -0.776. The molecule has 0 bridgehead atoms. The number of carboxylic acid groups (broad SMARTS) is 1. The van der Waals surface area contributed by atoms with Crippen molar-refractivity contribution in [3.05, 3.63) is 35.9 Å². The monoisotopic (exact) mass is 320 g/mol. The lowest BCUT2D eigenvalue weighted by Gasteiger charge is -2.27. The maximum Gasteiger partial charge on any atom is 0.326 e. The molecule has 1 rings (SSSR count). The molecule has 2 amide bonds. The average Bonchev–Trinajstić information content (AvgIpc) is 2.51. The molecule has 0 fully saturated rings.